The number of H-pyrrole nitrogens is 1. The van der Waals surface area contributed by atoms with Crippen LogP contribution < -0.4 is 0 Å². The lowest BCUT2D eigenvalue weighted by molar-refractivity contribution is 1.49. The molecular formula is C22H13IN2. The molecule has 2 heterocycles. The standard InChI is InChI=1S/C22H13IN2/c23-25-21-10-14-6-2-1-5-13(14)9-17(21)18-11-16-15-7-3-4-8-19(15)24-20(16)12-22(18)25/h1-12,24H. The Hall–Kier alpha value is -2.53. The zero-order valence-electron chi connectivity index (χ0n) is 13.3. The van der Waals surface area contributed by atoms with Crippen LogP contribution in [0.25, 0.3) is 54.4 Å². The lowest BCUT2D eigenvalue weighted by Gasteiger charge is -1.99. The van der Waals surface area contributed by atoms with Gasteiger partial charge in [0.05, 0.1) is 33.9 Å². The van der Waals surface area contributed by atoms with Gasteiger partial charge in [0.2, 0.25) is 0 Å². The molecule has 0 aliphatic heterocycles. The number of rotatable bonds is 0. The van der Waals surface area contributed by atoms with Gasteiger partial charge in [0.1, 0.15) is 0 Å². The van der Waals surface area contributed by atoms with Crippen LogP contribution in [0.15, 0.2) is 72.8 Å². The third kappa shape index (κ3) is 1.79. The number of hydrogen-bond donors (Lipinski definition) is 1. The van der Waals surface area contributed by atoms with Gasteiger partial charge >= 0.3 is 0 Å². The van der Waals surface area contributed by atoms with Crippen molar-refractivity contribution in [3.8, 4) is 0 Å². The molecule has 0 unspecified atom stereocenters. The van der Waals surface area contributed by atoms with E-state index in [4.69, 9.17) is 0 Å². The maximum Gasteiger partial charge on any atom is 0.0646 e. The van der Waals surface area contributed by atoms with Gasteiger partial charge in [0, 0.05) is 32.6 Å². The SMILES string of the molecule is In1c2cc3ccccc3cc2c2cc3c(cc21)[nH]c1ccccc13. The zero-order chi connectivity index (χ0) is 16.5. The van der Waals surface area contributed by atoms with Crippen LogP contribution in [0.2, 0.25) is 0 Å². The zero-order valence-corrected chi connectivity index (χ0v) is 15.4. The summed E-state index contributed by atoms with van der Waals surface area (Å²) in [6.07, 6.45) is 0. The predicted octanol–water partition coefficient (Wildman–Crippen LogP) is 6.78. The van der Waals surface area contributed by atoms with Crippen molar-refractivity contribution >= 4 is 77.2 Å². The van der Waals surface area contributed by atoms with E-state index in [0.717, 1.165) is 0 Å². The first kappa shape index (κ1) is 13.7. The van der Waals surface area contributed by atoms with Gasteiger partial charge in [-0.15, -0.1) is 0 Å². The van der Waals surface area contributed by atoms with Crippen molar-refractivity contribution < 1.29 is 0 Å². The van der Waals surface area contributed by atoms with E-state index in [1.165, 1.54) is 54.4 Å². The molecule has 0 spiro atoms. The summed E-state index contributed by atoms with van der Waals surface area (Å²) in [6, 6.07) is 26.3. The molecule has 2 nitrogen and oxygen atoms in total. The van der Waals surface area contributed by atoms with Gasteiger partial charge in [-0.3, -0.25) is 2.78 Å². The minimum absolute atomic E-state index is 1.19. The van der Waals surface area contributed by atoms with Gasteiger partial charge in [-0.2, -0.15) is 0 Å². The summed E-state index contributed by atoms with van der Waals surface area (Å²) < 4.78 is 2.28. The molecule has 0 aliphatic rings. The molecule has 0 saturated heterocycles. The summed E-state index contributed by atoms with van der Waals surface area (Å²) in [7, 11) is 0. The Labute approximate surface area is 157 Å². The van der Waals surface area contributed by atoms with Crippen LogP contribution in [0.5, 0.6) is 0 Å². The fourth-order valence-corrected chi connectivity index (χ4v) is 4.80. The van der Waals surface area contributed by atoms with Crippen molar-refractivity contribution in [3.63, 3.8) is 0 Å². The Balaban J connectivity index is 1.86. The van der Waals surface area contributed by atoms with Crippen LogP contribution in [0, 0.1) is 0 Å². The highest BCUT2D eigenvalue weighted by atomic mass is 127. The molecule has 0 aliphatic carbocycles. The normalized spacial score (nSPS) is 12.2. The molecule has 6 aromatic rings. The predicted molar refractivity (Wildman–Crippen MR) is 116 cm³/mol. The molecule has 0 bridgehead atoms. The smallest absolute Gasteiger partial charge is 0.0646 e. The first-order valence-corrected chi connectivity index (χ1v) is 9.30. The maximum atomic E-state index is 3.56. The van der Waals surface area contributed by atoms with Crippen LogP contribution in [0.3, 0.4) is 0 Å². The second-order valence-electron chi connectivity index (χ2n) is 6.58. The Kier molecular flexibility index (Phi) is 2.61. The molecule has 0 atom stereocenters. The molecule has 0 fully saturated rings. The van der Waals surface area contributed by atoms with Crippen LogP contribution in [-0.2, 0) is 0 Å². The summed E-state index contributed by atoms with van der Waals surface area (Å²) in [5, 5.41) is 7.78. The van der Waals surface area contributed by atoms with Gasteiger partial charge in [0.25, 0.3) is 0 Å². The number of nitrogens with one attached hydrogen (secondary N) is 1. The van der Waals surface area contributed by atoms with Crippen LogP contribution >= 0.6 is 22.9 Å². The van der Waals surface area contributed by atoms with E-state index >= 15 is 0 Å². The van der Waals surface area contributed by atoms with E-state index in [1.807, 2.05) is 0 Å². The number of fused-ring (bicyclic) bond motifs is 7. The summed E-state index contributed by atoms with van der Waals surface area (Å²) in [6.45, 7) is 0. The van der Waals surface area contributed by atoms with Gasteiger partial charge in [-0.25, -0.2) is 0 Å². The average molecular weight is 432 g/mol. The van der Waals surface area contributed by atoms with Crippen LogP contribution in [0.4, 0.5) is 0 Å². The van der Waals surface area contributed by atoms with Crippen molar-refractivity contribution in [1.29, 1.82) is 0 Å². The summed E-state index contributed by atoms with van der Waals surface area (Å²) in [4.78, 5) is 3.56. The van der Waals surface area contributed by atoms with Gasteiger partial charge in [0.15, 0.2) is 0 Å². The van der Waals surface area contributed by atoms with E-state index in [0.29, 0.717) is 0 Å². The molecule has 4 aromatic carbocycles. The minimum Gasteiger partial charge on any atom is -0.354 e. The highest BCUT2D eigenvalue weighted by Gasteiger charge is 2.13. The van der Waals surface area contributed by atoms with E-state index in [9.17, 15) is 0 Å². The second-order valence-corrected chi connectivity index (χ2v) is 7.55. The molecule has 0 saturated carbocycles. The van der Waals surface area contributed by atoms with Gasteiger partial charge in [-0.1, -0.05) is 42.5 Å². The summed E-state index contributed by atoms with van der Waals surface area (Å²) in [5.74, 6) is 0. The van der Waals surface area contributed by atoms with Crippen molar-refractivity contribution in [2.75, 3.05) is 0 Å². The molecule has 0 amide bonds. The Bertz CT molecular complexity index is 1450. The minimum atomic E-state index is 1.19. The number of benzene rings is 4. The number of aromatic amines is 1. The monoisotopic (exact) mass is 432 g/mol. The summed E-state index contributed by atoms with van der Waals surface area (Å²) >= 11 is 2.42. The highest BCUT2D eigenvalue weighted by Crippen LogP contribution is 2.37. The van der Waals surface area contributed by atoms with E-state index in [-0.39, 0.29) is 0 Å². The number of aromatic nitrogens is 2. The molecule has 1 N–H and O–H groups in total. The molecule has 2 aromatic heterocycles. The lowest BCUT2D eigenvalue weighted by Crippen LogP contribution is -1.78. The molecule has 0 radical (unpaired) electrons. The van der Waals surface area contributed by atoms with Crippen molar-refractivity contribution in [2.24, 2.45) is 0 Å². The fourth-order valence-electron chi connectivity index (χ4n) is 4.00. The quantitative estimate of drug-likeness (QED) is 0.256. The molecule has 6 rings (SSSR count). The summed E-state index contributed by atoms with van der Waals surface area (Å²) in [5.41, 5.74) is 4.91. The number of nitrogens with zero attached hydrogens (tertiary/aromatic N) is 1. The molecule has 118 valence electrons. The number of hydrogen-bond acceptors (Lipinski definition) is 0. The second kappa shape index (κ2) is 4.76. The van der Waals surface area contributed by atoms with Gasteiger partial charge < -0.3 is 4.98 Å². The maximum absolute atomic E-state index is 3.56. The van der Waals surface area contributed by atoms with Crippen molar-refractivity contribution in [3.05, 3.63) is 72.8 Å². The van der Waals surface area contributed by atoms with E-state index in [2.05, 4.69) is 103 Å². The number of halogens is 1. The Morgan fingerprint density at radius 3 is 2.16 bits per heavy atom. The Morgan fingerprint density at radius 2 is 1.28 bits per heavy atom. The first-order valence-electron chi connectivity index (χ1n) is 8.33. The van der Waals surface area contributed by atoms with E-state index in [1.54, 1.807) is 0 Å². The highest BCUT2D eigenvalue weighted by molar-refractivity contribution is 14.1. The van der Waals surface area contributed by atoms with Crippen molar-refractivity contribution in [2.45, 2.75) is 0 Å². The largest absolute Gasteiger partial charge is 0.354 e. The van der Waals surface area contributed by atoms with Crippen LogP contribution in [0.1, 0.15) is 0 Å². The lowest BCUT2D eigenvalue weighted by atomic mass is 10.0. The topological polar surface area (TPSA) is 20.7 Å². The molecule has 3 heteroatoms. The molecule has 25 heavy (non-hydrogen) atoms. The fraction of sp³-hybridized carbons (Fsp3) is 0. The average Bonchev–Trinajstić information content (AvgIpc) is 3.14. The number of para-hydroxylation sites is 1. The Morgan fingerprint density at radius 1 is 0.600 bits per heavy atom. The molecular weight excluding hydrogens is 419 g/mol. The third-order valence-corrected chi connectivity index (χ3v) is 6.24. The van der Waals surface area contributed by atoms with Crippen LogP contribution in [-0.4, -0.2) is 7.76 Å². The van der Waals surface area contributed by atoms with Crippen molar-refractivity contribution in [1.82, 2.24) is 7.76 Å². The van der Waals surface area contributed by atoms with E-state index < -0.39 is 0 Å². The third-order valence-electron chi connectivity index (χ3n) is 5.20. The first-order chi connectivity index (χ1) is 12.3. The van der Waals surface area contributed by atoms with Gasteiger partial charge in [-0.05, 0) is 41.1 Å².